The van der Waals surface area contributed by atoms with Crippen LogP contribution in [0.2, 0.25) is 5.02 Å². The number of thiophene rings is 1. The van der Waals surface area contributed by atoms with Crippen molar-refractivity contribution in [3.63, 3.8) is 0 Å². The zero-order valence-corrected chi connectivity index (χ0v) is 20.5. The first-order valence-electron chi connectivity index (χ1n) is 10.4. The Kier molecular flexibility index (Phi) is 6.60. The summed E-state index contributed by atoms with van der Waals surface area (Å²) in [4.78, 5) is 24.6. The van der Waals surface area contributed by atoms with Gasteiger partial charge in [0.2, 0.25) is 0 Å². The molecule has 0 bridgehead atoms. The van der Waals surface area contributed by atoms with E-state index in [4.69, 9.17) is 16.6 Å². The Labute approximate surface area is 201 Å². The minimum atomic E-state index is -0.0672. The third kappa shape index (κ3) is 4.83. The molecule has 0 spiro atoms. The zero-order chi connectivity index (χ0) is 23.7. The summed E-state index contributed by atoms with van der Waals surface area (Å²) in [5, 5.41) is 16.1. The molecule has 0 atom stereocenters. The van der Waals surface area contributed by atoms with Crippen molar-refractivity contribution >= 4 is 51.1 Å². The number of aliphatic imine (C=N–C) groups is 1. The van der Waals surface area contributed by atoms with Gasteiger partial charge >= 0.3 is 0 Å². The molecule has 0 unspecified atom stereocenters. The van der Waals surface area contributed by atoms with Crippen LogP contribution in [-0.4, -0.2) is 70.3 Å². The Morgan fingerprint density at radius 2 is 2.00 bits per heavy atom. The standard InChI is InChI=1S/C24H26ClN5O2S/c1-28(2)8-9-29(3)24(32)20-12-17(13-30(20)4)26-22(15-7-10-33-14-15)21-18-6-5-16(25)11-19(18)27-23(21)31/h5-7,10-14,27,31H,8-9H2,1-4H3. The van der Waals surface area contributed by atoms with Crippen molar-refractivity contribution < 1.29 is 9.90 Å². The quantitative estimate of drug-likeness (QED) is 0.373. The molecule has 1 aromatic carbocycles. The summed E-state index contributed by atoms with van der Waals surface area (Å²) < 4.78 is 1.79. The van der Waals surface area contributed by atoms with Gasteiger partial charge in [0, 0.05) is 54.7 Å². The first-order chi connectivity index (χ1) is 15.7. The minimum Gasteiger partial charge on any atom is -0.494 e. The van der Waals surface area contributed by atoms with E-state index in [-0.39, 0.29) is 11.8 Å². The van der Waals surface area contributed by atoms with E-state index in [1.54, 1.807) is 46.1 Å². The molecule has 3 heterocycles. The second-order valence-electron chi connectivity index (χ2n) is 8.24. The predicted octanol–water partition coefficient (Wildman–Crippen LogP) is 4.73. The molecule has 0 saturated carbocycles. The van der Waals surface area contributed by atoms with Gasteiger partial charge in [-0.15, -0.1) is 0 Å². The molecule has 0 aliphatic heterocycles. The van der Waals surface area contributed by atoms with E-state index >= 15 is 0 Å². The topological polar surface area (TPSA) is 76.9 Å². The van der Waals surface area contributed by atoms with Crippen LogP contribution in [0, 0.1) is 0 Å². The zero-order valence-electron chi connectivity index (χ0n) is 19.0. The summed E-state index contributed by atoms with van der Waals surface area (Å²) in [7, 11) is 7.59. The van der Waals surface area contributed by atoms with Crippen molar-refractivity contribution in [2.24, 2.45) is 12.0 Å². The van der Waals surface area contributed by atoms with Crippen LogP contribution in [0.4, 0.5) is 5.69 Å². The van der Waals surface area contributed by atoms with Gasteiger partial charge in [-0.25, -0.2) is 4.99 Å². The summed E-state index contributed by atoms with van der Waals surface area (Å²) in [6, 6.07) is 9.17. The first-order valence-corrected chi connectivity index (χ1v) is 11.7. The number of benzene rings is 1. The van der Waals surface area contributed by atoms with Gasteiger partial charge in [-0.3, -0.25) is 4.79 Å². The molecular weight excluding hydrogens is 458 g/mol. The third-order valence-electron chi connectivity index (χ3n) is 5.45. The molecule has 0 aliphatic rings. The van der Waals surface area contributed by atoms with Crippen molar-refractivity contribution in [1.82, 2.24) is 19.4 Å². The summed E-state index contributed by atoms with van der Waals surface area (Å²) >= 11 is 7.68. The fraction of sp³-hybridized carbons (Fsp3) is 0.250. The predicted molar refractivity (Wildman–Crippen MR) is 136 cm³/mol. The molecular formula is C24H26ClN5O2S. The minimum absolute atomic E-state index is 0.0212. The molecule has 3 aromatic heterocycles. The number of aromatic nitrogens is 2. The number of H-pyrrole nitrogens is 1. The highest BCUT2D eigenvalue weighted by Crippen LogP contribution is 2.33. The molecule has 0 aliphatic carbocycles. The Morgan fingerprint density at radius 3 is 2.70 bits per heavy atom. The number of nitrogens with zero attached hydrogens (tertiary/aromatic N) is 4. The Bertz CT molecular complexity index is 1320. The van der Waals surface area contributed by atoms with Crippen molar-refractivity contribution in [3.05, 3.63) is 69.1 Å². The van der Waals surface area contributed by atoms with Crippen LogP contribution < -0.4 is 0 Å². The molecule has 0 radical (unpaired) electrons. The number of fused-ring (bicyclic) bond motifs is 1. The molecule has 172 valence electrons. The average molecular weight is 484 g/mol. The number of hydrogen-bond acceptors (Lipinski definition) is 5. The van der Waals surface area contributed by atoms with E-state index in [2.05, 4.69) is 4.98 Å². The smallest absolute Gasteiger partial charge is 0.270 e. The number of rotatable bonds is 7. The van der Waals surface area contributed by atoms with Gasteiger partial charge in [0.15, 0.2) is 5.88 Å². The molecule has 0 fully saturated rings. The van der Waals surface area contributed by atoms with Gasteiger partial charge in [0.1, 0.15) is 5.69 Å². The van der Waals surface area contributed by atoms with Crippen molar-refractivity contribution in [2.45, 2.75) is 0 Å². The molecule has 33 heavy (non-hydrogen) atoms. The summed E-state index contributed by atoms with van der Waals surface area (Å²) in [5.41, 5.74) is 4.00. The van der Waals surface area contributed by atoms with E-state index in [1.165, 1.54) is 0 Å². The van der Waals surface area contributed by atoms with Gasteiger partial charge in [-0.2, -0.15) is 11.3 Å². The van der Waals surface area contributed by atoms with Crippen LogP contribution in [0.15, 0.2) is 52.3 Å². The highest BCUT2D eigenvalue weighted by atomic mass is 35.5. The Balaban J connectivity index is 1.76. The molecule has 7 nitrogen and oxygen atoms in total. The molecule has 4 aromatic rings. The number of aromatic amines is 1. The summed E-state index contributed by atoms with van der Waals surface area (Å²) in [6.07, 6.45) is 1.82. The Hall–Kier alpha value is -3.07. The van der Waals surface area contributed by atoms with Gasteiger partial charge in [0.05, 0.1) is 22.5 Å². The Morgan fingerprint density at radius 1 is 1.21 bits per heavy atom. The van der Waals surface area contributed by atoms with Crippen LogP contribution in [0.3, 0.4) is 0 Å². The lowest BCUT2D eigenvalue weighted by Crippen LogP contribution is -2.34. The van der Waals surface area contributed by atoms with Gasteiger partial charge in [-0.05, 0) is 43.7 Å². The lowest BCUT2D eigenvalue weighted by molar-refractivity contribution is 0.0777. The highest BCUT2D eigenvalue weighted by molar-refractivity contribution is 7.08. The van der Waals surface area contributed by atoms with Crippen LogP contribution in [-0.2, 0) is 7.05 Å². The van der Waals surface area contributed by atoms with Crippen molar-refractivity contribution in [2.75, 3.05) is 34.2 Å². The van der Waals surface area contributed by atoms with E-state index in [1.807, 2.05) is 55.1 Å². The summed E-state index contributed by atoms with van der Waals surface area (Å²) in [5.74, 6) is -0.0460. The molecule has 4 rings (SSSR count). The fourth-order valence-corrected chi connectivity index (χ4v) is 4.47. The summed E-state index contributed by atoms with van der Waals surface area (Å²) in [6.45, 7) is 1.41. The number of amides is 1. The third-order valence-corrected chi connectivity index (χ3v) is 6.37. The highest BCUT2D eigenvalue weighted by Gasteiger charge is 2.21. The van der Waals surface area contributed by atoms with Gasteiger partial charge < -0.3 is 24.5 Å². The first kappa shape index (κ1) is 23.1. The number of likely N-dealkylation sites (N-methyl/N-ethyl adjacent to an activating group) is 2. The van der Waals surface area contributed by atoms with Gasteiger partial charge in [0.25, 0.3) is 5.91 Å². The lowest BCUT2D eigenvalue weighted by Gasteiger charge is -2.19. The number of aryl methyl sites for hydroxylation is 1. The number of aromatic hydroxyl groups is 1. The normalized spacial score (nSPS) is 12.1. The molecule has 0 saturated heterocycles. The number of carbonyl (C=O) groups excluding carboxylic acids is 1. The van der Waals surface area contributed by atoms with E-state index < -0.39 is 0 Å². The van der Waals surface area contributed by atoms with Crippen LogP contribution in [0.5, 0.6) is 5.88 Å². The largest absolute Gasteiger partial charge is 0.494 e. The molecule has 2 N–H and O–H groups in total. The number of hydrogen-bond donors (Lipinski definition) is 2. The maximum atomic E-state index is 13.0. The number of carbonyl (C=O) groups is 1. The second-order valence-corrected chi connectivity index (χ2v) is 9.45. The van der Waals surface area contributed by atoms with Gasteiger partial charge in [-0.1, -0.05) is 17.7 Å². The maximum Gasteiger partial charge on any atom is 0.270 e. The fourth-order valence-electron chi connectivity index (χ4n) is 3.66. The second kappa shape index (κ2) is 9.43. The maximum absolute atomic E-state index is 13.0. The number of nitrogens with one attached hydrogen (secondary N) is 1. The van der Waals surface area contributed by atoms with E-state index in [0.29, 0.717) is 34.2 Å². The van der Waals surface area contributed by atoms with Crippen LogP contribution in [0.1, 0.15) is 21.6 Å². The number of halogens is 1. The van der Waals surface area contributed by atoms with E-state index in [9.17, 15) is 9.90 Å². The molecule has 1 amide bonds. The average Bonchev–Trinajstić information content (AvgIpc) is 3.48. The van der Waals surface area contributed by atoms with Crippen molar-refractivity contribution in [3.8, 4) is 5.88 Å². The van der Waals surface area contributed by atoms with Crippen LogP contribution >= 0.6 is 22.9 Å². The lowest BCUT2D eigenvalue weighted by atomic mass is 10.0. The van der Waals surface area contributed by atoms with Crippen molar-refractivity contribution in [1.29, 1.82) is 0 Å². The monoisotopic (exact) mass is 483 g/mol. The molecule has 9 heteroatoms. The SMILES string of the molecule is CN(C)CCN(C)C(=O)c1cc(N=C(c2ccsc2)c2c(O)[nH]c3cc(Cl)ccc23)cn1C. The van der Waals surface area contributed by atoms with E-state index in [0.717, 1.165) is 23.0 Å². The van der Waals surface area contributed by atoms with Crippen LogP contribution in [0.25, 0.3) is 10.9 Å².